The number of halogens is 4. The van der Waals surface area contributed by atoms with Crippen LogP contribution in [-0.4, -0.2) is 6.04 Å². The Morgan fingerprint density at radius 1 is 1.19 bits per heavy atom. The minimum atomic E-state index is -0.449. The molecule has 0 bridgehead atoms. The molecule has 0 amide bonds. The number of hydrogen-bond donors (Lipinski definition) is 1. The highest BCUT2D eigenvalue weighted by Crippen LogP contribution is 2.34. The molecule has 112 valence electrons. The van der Waals surface area contributed by atoms with E-state index in [-0.39, 0.29) is 5.02 Å². The Hall–Kier alpha value is -0.610. The average Bonchev–Trinajstić information content (AvgIpc) is 2.43. The zero-order valence-electron chi connectivity index (χ0n) is 11.7. The van der Waals surface area contributed by atoms with Crippen LogP contribution in [0.5, 0.6) is 0 Å². The van der Waals surface area contributed by atoms with Crippen LogP contribution in [-0.2, 0) is 6.54 Å². The smallest absolute Gasteiger partial charge is 0.150 e. The van der Waals surface area contributed by atoms with Gasteiger partial charge in [0.1, 0.15) is 0 Å². The summed E-state index contributed by atoms with van der Waals surface area (Å²) in [6.07, 6.45) is 0. The predicted molar refractivity (Wildman–Crippen MR) is 91.5 cm³/mol. The van der Waals surface area contributed by atoms with Crippen molar-refractivity contribution in [3.63, 3.8) is 0 Å². The highest BCUT2D eigenvalue weighted by molar-refractivity contribution is 9.10. The second kappa shape index (κ2) is 7.10. The molecule has 0 aliphatic heterocycles. The fourth-order valence-corrected chi connectivity index (χ4v) is 2.64. The number of rotatable bonds is 4. The summed E-state index contributed by atoms with van der Waals surface area (Å²) in [5.74, 6) is -0.449. The second-order valence-corrected chi connectivity index (χ2v) is 6.70. The maximum Gasteiger partial charge on any atom is 0.150 e. The minimum absolute atomic E-state index is 0.0779. The summed E-state index contributed by atoms with van der Waals surface area (Å²) in [5.41, 5.74) is 2.13. The van der Waals surface area contributed by atoms with Crippen molar-refractivity contribution in [1.82, 2.24) is 5.32 Å². The molecule has 0 aliphatic carbocycles. The van der Waals surface area contributed by atoms with Crippen molar-refractivity contribution in [2.24, 2.45) is 0 Å². The van der Waals surface area contributed by atoms with Gasteiger partial charge in [0, 0.05) is 27.6 Å². The third-order valence-corrected chi connectivity index (χ3v) is 4.71. The van der Waals surface area contributed by atoms with E-state index in [9.17, 15) is 4.39 Å². The molecule has 1 nitrogen and oxygen atoms in total. The molecule has 2 aromatic carbocycles. The van der Waals surface area contributed by atoms with Gasteiger partial charge in [-0.1, -0.05) is 55.2 Å². The van der Waals surface area contributed by atoms with Gasteiger partial charge in [0.15, 0.2) is 5.82 Å². The maximum atomic E-state index is 14.2. The van der Waals surface area contributed by atoms with Crippen LogP contribution in [0.25, 0.3) is 11.1 Å². The fourth-order valence-electron chi connectivity index (χ4n) is 1.92. The van der Waals surface area contributed by atoms with Crippen LogP contribution >= 0.6 is 39.1 Å². The lowest BCUT2D eigenvalue weighted by atomic mass is 10.0. The molecule has 2 aromatic rings. The van der Waals surface area contributed by atoms with E-state index in [2.05, 4.69) is 35.1 Å². The topological polar surface area (TPSA) is 12.0 Å². The molecule has 2 rings (SSSR count). The number of benzene rings is 2. The number of hydrogen-bond acceptors (Lipinski definition) is 1. The molecule has 1 N–H and O–H groups in total. The third-order valence-electron chi connectivity index (χ3n) is 3.10. The summed E-state index contributed by atoms with van der Waals surface area (Å²) in [4.78, 5) is 0. The summed E-state index contributed by atoms with van der Waals surface area (Å²) in [6.45, 7) is 4.82. The lowest BCUT2D eigenvalue weighted by molar-refractivity contribution is 0.589. The molecule has 0 radical (unpaired) electrons. The molecule has 0 aliphatic rings. The Morgan fingerprint density at radius 2 is 1.90 bits per heavy atom. The van der Waals surface area contributed by atoms with Gasteiger partial charge in [0.05, 0.1) is 5.02 Å². The van der Waals surface area contributed by atoms with Gasteiger partial charge in [-0.3, -0.25) is 0 Å². The quantitative estimate of drug-likeness (QED) is 0.625. The van der Waals surface area contributed by atoms with Crippen LogP contribution in [0, 0.1) is 5.82 Å². The average molecular weight is 391 g/mol. The standard InChI is InChI=1S/C16H15BrCl2FN/c1-9(2)21-8-11-4-3-10(7-14(11)18)12-5-6-13(17)15(19)16(12)20/h3-7,9,21H,8H2,1-2H3. The summed E-state index contributed by atoms with van der Waals surface area (Å²) in [6, 6.07) is 9.31. The molecule has 0 fully saturated rings. The van der Waals surface area contributed by atoms with E-state index in [1.165, 1.54) is 0 Å². The largest absolute Gasteiger partial charge is 0.310 e. The van der Waals surface area contributed by atoms with E-state index < -0.39 is 5.82 Å². The molecule has 0 heterocycles. The molecule has 0 unspecified atom stereocenters. The first kappa shape index (κ1) is 16.8. The summed E-state index contributed by atoms with van der Waals surface area (Å²) >= 11 is 15.4. The monoisotopic (exact) mass is 389 g/mol. The van der Waals surface area contributed by atoms with Crippen LogP contribution in [0.4, 0.5) is 4.39 Å². The molecule has 21 heavy (non-hydrogen) atoms. The molecule has 0 saturated carbocycles. The minimum Gasteiger partial charge on any atom is -0.310 e. The van der Waals surface area contributed by atoms with E-state index in [0.29, 0.717) is 33.2 Å². The van der Waals surface area contributed by atoms with Crippen molar-refractivity contribution in [3.05, 3.63) is 56.2 Å². The van der Waals surface area contributed by atoms with Gasteiger partial charge in [-0.05, 0) is 39.2 Å². The van der Waals surface area contributed by atoms with Crippen molar-refractivity contribution < 1.29 is 4.39 Å². The summed E-state index contributed by atoms with van der Waals surface area (Å²) in [5, 5.41) is 3.99. The van der Waals surface area contributed by atoms with Gasteiger partial charge in [0.25, 0.3) is 0 Å². The highest BCUT2D eigenvalue weighted by atomic mass is 79.9. The number of nitrogens with one attached hydrogen (secondary N) is 1. The Labute approximate surface area is 142 Å². The third kappa shape index (κ3) is 3.98. The van der Waals surface area contributed by atoms with Crippen molar-refractivity contribution in [1.29, 1.82) is 0 Å². The predicted octanol–water partition coefficient (Wildman–Crippen LogP) is 6.06. The van der Waals surface area contributed by atoms with Crippen molar-refractivity contribution in [2.75, 3.05) is 0 Å². The van der Waals surface area contributed by atoms with Crippen molar-refractivity contribution in [2.45, 2.75) is 26.4 Å². The van der Waals surface area contributed by atoms with Gasteiger partial charge in [-0.15, -0.1) is 0 Å². The van der Waals surface area contributed by atoms with E-state index >= 15 is 0 Å². The summed E-state index contributed by atoms with van der Waals surface area (Å²) in [7, 11) is 0. The molecule has 0 saturated heterocycles. The Morgan fingerprint density at radius 3 is 2.52 bits per heavy atom. The highest BCUT2D eigenvalue weighted by Gasteiger charge is 2.13. The van der Waals surface area contributed by atoms with Gasteiger partial charge >= 0.3 is 0 Å². The Kier molecular flexibility index (Phi) is 5.67. The lowest BCUT2D eigenvalue weighted by Crippen LogP contribution is -2.21. The Balaban J connectivity index is 2.34. The van der Waals surface area contributed by atoms with Gasteiger partial charge in [0.2, 0.25) is 0 Å². The van der Waals surface area contributed by atoms with Crippen LogP contribution < -0.4 is 5.32 Å². The molecule has 0 atom stereocenters. The van der Waals surface area contributed by atoms with Crippen molar-refractivity contribution in [3.8, 4) is 11.1 Å². The molecular weight excluding hydrogens is 376 g/mol. The molecule has 0 aromatic heterocycles. The zero-order chi connectivity index (χ0) is 15.6. The van der Waals surface area contributed by atoms with Crippen molar-refractivity contribution >= 4 is 39.1 Å². The van der Waals surface area contributed by atoms with Crippen LogP contribution in [0.2, 0.25) is 10.0 Å². The van der Waals surface area contributed by atoms with Crippen LogP contribution in [0.1, 0.15) is 19.4 Å². The normalized spacial score (nSPS) is 11.2. The first-order valence-corrected chi connectivity index (χ1v) is 8.10. The summed E-state index contributed by atoms with van der Waals surface area (Å²) < 4.78 is 14.8. The van der Waals surface area contributed by atoms with Crippen LogP contribution in [0.3, 0.4) is 0 Å². The molecule has 5 heteroatoms. The molecular formula is C16H15BrCl2FN. The first-order chi connectivity index (χ1) is 9.90. The van der Waals surface area contributed by atoms with Gasteiger partial charge in [-0.2, -0.15) is 0 Å². The zero-order valence-corrected chi connectivity index (χ0v) is 14.8. The van der Waals surface area contributed by atoms with E-state index in [4.69, 9.17) is 23.2 Å². The van der Waals surface area contributed by atoms with E-state index in [1.54, 1.807) is 18.2 Å². The maximum absolute atomic E-state index is 14.2. The lowest BCUT2D eigenvalue weighted by Gasteiger charge is -2.12. The van der Waals surface area contributed by atoms with Crippen LogP contribution in [0.15, 0.2) is 34.8 Å². The SMILES string of the molecule is CC(C)NCc1ccc(-c2ccc(Br)c(Cl)c2F)cc1Cl. The van der Waals surface area contributed by atoms with Gasteiger partial charge < -0.3 is 5.32 Å². The van der Waals surface area contributed by atoms with E-state index in [1.807, 2.05) is 12.1 Å². The molecule has 0 spiro atoms. The van der Waals surface area contributed by atoms with Gasteiger partial charge in [-0.25, -0.2) is 4.39 Å². The van der Waals surface area contributed by atoms with E-state index in [0.717, 1.165) is 5.56 Å². The first-order valence-electron chi connectivity index (χ1n) is 6.56. The second-order valence-electron chi connectivity index (χ2n) is 5.06. The fraction of sp³-hybridized carbons (Fsp3) is 0.250. The Bertz CT molecular complexity index is 659.